The SMILES string of the molecule is COc1cccc2c1ncc1c(=O)n([C@H]3CC[C@H](C(=O)O)CC3)c(=O)n(-c3cccc(Cl)c3)c12.Cl. The molecule has 0 bridgehead atoms. The van der Waals surface area contributed by atoms with E-state index in [-0.39, 0.29) is 12.4 Å². The zero-order chi connectivity index (χ0) is 24.0. The molecule has 4 aromatic rings. The monoisotopic (exact) mass is 515 g/mol. The number of pyridine rings is 1. The summed E-state index contributed by atoms with van der Waals surface area (Å²) in [7, 11) is 1.54. The Morgan fingerprint density at radius 3 is 2.46 bits per heavy atom. The Bertz CT molecular complexity index is 1560. The highest BCUT2D eigenvalue weighted by molar-refractivity contribution is 6.30. The molecule has 0 aliphatic heterocycles. The lowest BCUT2D eigenvalue weighted by Crippen LogP contribution is -2.43. The molecule has 2 heterocycles. The second-order valence-electron chi connectivity index (χ2n) is 8.49. The third kappa shape index (κ3) is 4.17. The topological polar surface area (TPSA) is 103 Å². The van der Waals surface area contributed by atoms with Gasteiger partial charge in [-0.3, -0.25) is 23.7 Å². The number of para-hydroxylation sites is 1. The first-order valence-electron chi connectivity index (χ1n) is 11.0. The van der Waals surface area contributed by atoms with Crippen molar-refractivity contribution in [1.82, 2.24) is 14.1 Å². The molecule has 1 N–H and O–H groups in total. The van der Waals surface area contributed by atoms with Crippen LogP contribution in [0.4, 0.5) is 0 Å². The molecule has 2 aromatic carbocycles. The van der Waals surface area contributed by atoms with Crippen molar-refractivity contribution in [3.63, 3.8) is 0 Å². The summed E-state index contributed by atoms with van der Waals surface area (Å²) in [6.07, 6.45) is 3.16. The number of hydrogen-bond acceptors (Lipinski definition) is 5. The van der Waals surface area contributed by atoms with Crippen LogP contribution < -0.4 is 16.0 Å². The number of aliphatic carboxylic acids is 1. The number of carbonyl (C=O) groups is 1. The number of halogens is 2. The molecule has 5 rings (SSSR count). The second-order valence-corrected chi connectivity index (χ2v) is 8.93. The number of ether oxygens (including phenoxy) is 1. The van der Waals surface area contributed by atoms with Crippen LogP contribution in [0, 0.1) is 5.92 Å². The summed E-state index contributed by atoms with van der Waals surface area (Å²) >= 11 is 6.26. The molecule has 0 atom stereocenters. The molecule has 182 valence electrons. The second kappa shape index (κ2) is 9.71. The van der Waals surface area contributed by atoms with Crippen LogP contribution in [0.2, 0.25) is 5.02 Å². The third-order valence-corrected chi connectivity index (χ3v) is 6.83. The van der Waals surface area contributed by atoms with Gasteiger partial charge in [0.05, 0.1) is 29.6 Å². The fourth-order valence-corrected chi connectivity index (χ4v) is 5.11. The van der Waals surface area contributed by atoms with E-state index < -0.39 is 29.2 Å². The van der Waals surface area contributed by atoms with Crippen molar-refractivity contribution in [2.75, 3.05) is 7.11 Å². The first kappa shape index (κ1) is 24.8. The molecule has 0 amide bonds. The fraction of sp³-hybridized carbons (Fsp3) is 0.280. The number of nitrogens with zero attached hydrogens (tertiary/aromatic N) is 3. The highest BCUT2D eigenvalue weighted by Crippen LogP contribution is 2.33. The van der Waals surface area contributed by atoms with Crippen molar-refractivity contribution in [2.45, 2.75) is 31.7 Å². The average molecular weight is 516 g/mol. The number of aromatic nitrogens is 3. The van der Waals surface area contributed by atoms with Crippen LogP contribution in [-0.4, -0.2) is 32.3 Å². The van der Waals surface area contributed by atoms with Gasteiger partial charge in [-0.15, -0.1) is 12.4 Å². The number of methoxy groups -OCH3 is 1. The Kier molecular flexibility index (Phi) is 6.87. The van der Waals surface area contributed by atoms with Crippen LogP contribution in [0.5, 0.6) is 5.75 Å². The predicted octanol–water partition coefficient (Wildman–Crippen LogP) is 4.60. The summed E-state index contributed by atoms with van der Waals surface area (Å²) in [5.41, 5.74) is 0.553. The molecule has 1 fully saturated rings. The summed E-state index contributed by atoms with van der Waals surface area (Å²) in [5.74, 6) is -0.772. The van der Waals surface area contributed by atoms with Gasteiger partial charge in [0.1, 0.15) is 11.3 Å². The van der Waals surface area contributed by atoms with Crippen molar-refractivity contribution >= 4 is 51.8 Å². The van der Waals surface area contributed by atoms with Gasteiger partial charge >= 0.3 is 11.7 Å². The molecular weight excluding hydrogens is 493 g/mol. The van der Waals surface area contributed by atoms with Gasteiger partial charge in [-0.1, -0.05) is 29.8 Å². The van der Waals surface area contributed by atoms with Crippen LogP contribution in [0.3, 0.4) is 0 Å². The molecular formula is C25H23Cl2N3O5. The molecule has 1 aliphatic rings. The minimum Gasteiger partial charge on any atom is -0.494 e. The van der Waals surface area contributed by atoms with Crippen molar-refractivity contribution in [3.8, 4) is 11.4 Å². The van der Waals surface area contributed by atoms with E-state index in [1.54, 1.807) is 42.5 Å². The fourth-order valence-electron chi connectivity index (χ4n) is 4.92. The minimum absolute atomic E-state index is 0. The highest BCUT2D eigenvalue weighted by atomic mass is 35.5. The van der Waals surface area contributed by atoms with Gasteiger partial charge in [-0.25, -0.2) is 4.79 Å². The standard InChI is InChI=1S/C25H22ClN3O5.ClH/c1-34-20-7-3-6-18-21(20)27-13-19-22(18)28(17-5-2-4-15(26)12-17)25(33)29(23(19)30)16-10-8-14(9-11-16)24(31)32;/h2-7,12-14,16H,8-11H2,1H3,(H,31,32);1H/t14-,16-;. The lowest BCUT2D eigenvalue weighted by molar-refractivity contribution is -0.143. The number of carboxylic acids is 1. The maximum Gasteiger partial charge on any atom is 0.336 e. The number of hydrogen-bond donors (Lipinski definition) is 1. The first-order chi connectivity index (χ1) is 16.4. The van der Waals surface area contributed by atoms with E-state index >= 15 is 0 Å². The summed E-state index contributed by atoms with van der Waals surface area (Å²) < 4.78 is 8.20. The highest BCUT2D eigenvalue weighted by Gasteiger charge is 2.30. The lowest BCUT2D eigenvalue weighted by Gasteiger charge is -2.28. The summed E-state index contributed by atoms with van der Waals surface area (Å²) in [5, 5.41) is 10.7. The van der Waals surface area contributed by atoms with E-state index in [1.807, 2.05) is 0 Å². The van der Waals surface area contributed by atoms with Crippen LogP contribution >= 0.6 is 24.0 Å². The number of rotatable bonds is 4. The van der Waals surface area contributed by atoms with Crippen molar-refractivity contribution in [3.05, 3.63) is 74.5 Å². The van der Waals surface area contributed by atoms with E-state index in [0.717, 1.165) is 0 Å². The molecule has 8 nitrogen and oxygen atoms in total. The molecule has 0 radical (unpaired) electrons. The zero-order valence-electron chi connectivity index (χ0n) is 18.8. The average Bonchev–Trinajstić information content (AvgIpc) is 2.84. The number of benzene rings is 2. The first-order valence-corrected chi connectivity index (χ1v) is 11.4. The quantitative estimate of drug-likeness (QED) is 0.398. The van der Waals surface area contributed by atoms with E-state index in [9.17, 15) is 19.5 Å². The molecule has 1 saturated carbocycles. The van der Waals surface area contributed by atoms with Crippen LogP contribution in [-0.2, 0) is 4.79 Å². The Hall–Kier alpha value is -3.36. The molecule has 0 spiro atoms. The molecule has 0 saturated heterocycles. The van der Waals surface area contributed by atoms with Gasteiger partial charge in [0, 0.05) is 22.6 Å². The van der Waals surface area contributed by atoms with Gasteiger partial charge in [0.2, 0.25) is 0 Å². The Morgan fingerprint density at radius 2 is 1.80 bits per heavy atom. The van der Waals surface area contributed by atoms with Crippen molar-refractivity contribution in [2.24, 2.45) is 5.92 Å². The Labute approximate surface area is 211 Å². The maximum absolute atomic E-state index is 13.9. The van der Waals surface area contributed by atoms with Crippen LogP contribution in [0.15, 0.2) is 58.3 Å². The van der Waals surface area contributed by atoms with Crippen LogP contribution in [0.1, 0.15) is 31.7 Å². The van der Waals surface area contributed by atoms with Crippen molar-refractivity contribution < 1.29 is 14.6 Å². The van der Waals surface area contributed by atoms with Gasteiger partial charge < -0.3 is 9.84 Å². The van der Waals surface area contributed by atoms with E-state index in [4.69, 9.17) is 16.3 Å². The van der Waals surface area contributed by atoms with Crippen molar-refractivity contribution in [1.29, 1.82) is 0 Å². The van der Waals surface area contributed by atoms with E-state index in [2.05, 4.69) is 4.98 Å². The number of fused-ring (bicyclic) bond motifs is 3. The largest absolute Gasteiger partial charge is 0.494 e. The van der Waals surface area contributed by atoms with Gasteiger partial charge in [0.15, 0.2) is 0 Å². The summed E-state index contributed by atoms with van der Waals surface area (Å²) in [6, 6.07) is 11.8. The van der Waals surface area contributed by atoms with Gasteiger partial charge in [-0.05, 0) is 49.9 Å². The van der Waals surface area contributed by atoms with Gasteiger partial charge in [-0.2, -0.15) is 0 Å². The van der Waals surface area contributed by atoms with Gasteiger partial charge in [0.25, 0.3) is 5.56 Å². The molecule has 1 aliphatic carbocycles. The normalized spacial score (nSPS) is 17.8. The number of carboxylic acid groups (broad SMARTS) is 1. The molecule has 2 aromatic heterocycles. The Morgan fingerprint density at radius 1 is 1.09 bits per heavy atom. The van der Waals surface area contributed by atoms with Crippen LogP contribution in [0.25, 0.3) is 27.5 Å². The molecule has 0 unspecified atom stereocenters. The summed E-state index contributed by atoms with van der Waals surface area (Å²) in [6.45, 7) is 0. The lowest BCUT2D eigenvalue weighted by atomic mass is 9.86. The Balaban J connectivity index is 0.00000289. The zero-order valence-corrected chi connectivity index (χ0v) is 20.4. The maximum atomic E-state index is 13.9. The third-order valence-electron chi connectivity index (χ3n) is 6.60. The van der Waals surface area contributed by atoms with E-state index in [1.165, 1.54) is 22.4 Å². The minimum atomic E-state index is -0.842. The molecule has 10 heteroatoms. The summed E-state index contributed by atoms with van der Waals surface area (Å²) in [4.78, 5) is 43.5. The van der Waals surface area contributed by atoms with E-state index in [0.29, 0.717) is 63.9 Å². The molecule has 35 heavy (non-hydrogen) atoms. The smallest absolute Gasteiger partial charge is 0.336 e. The predicted molar refractivity (Wildman–Crippen MR) is 137 cm³/mol.